The maximum Gasteiger partial charge on any atom is 0.339 e. The Morgan fingerprint density at radius 2 is 2.12 bits per heavy atom. The molecule has 0 unspecified atom stereocenters. The van der Waals surface area contributed by atoms with Crippen molar-refractivity contribution < 1.29 is 14.3 Å². The second kappa shape index (κ2) is 6.07. The van der Waals surface area contributed by atoms with E-state index < -0.39 is 5.97 Å². The molecule has 1 aromatic rings. The number of carbonyl (C=O) groups is 1. The van der Waals surface area contributed by atoms with Crippen molar-refractivity contribution in [2.45, 2.75) is 6.92 Å². The Hall–Kier alpha value is -1.62. The summed E-state index contributed by atoms with van der Waals surface area (Å²) in [5, 5.41) is 3.07. The predicted octanol–water partition coefficient (Wildman–Crippen LogP) is 2.21. The van der Waals surface area contributed by atoms with Gasteiger partial charge in [-0.05, 0) is 31.3 Å². The maximum absolute atomic E-state index is 11.4. The fraction of sp³-hybridized carbons (Fsp3) is 0.273. The minimum absolute atomic E-state index is 0.235. The monoisotopic (exact) mass is 239 g/mol. The molecule has 1 N–H and O–H groups in total. The van der Waals surface area contributed by atoms with Crippen LogP contribution >= 0.6 is 12.2 Å². The van der Waals surface area contributed by atoms with Crippen LogP contribution in [0.25, 0.3) is 0 Å². The summed E-state index contributed by atoms with van der Waals surface area (Å²) >= 11 is 4.93. The first-order valence-corrected chi connectivity index (χ1v) is 5.21. The summed E-state index contributed by atoms with van der Waals surface area (Å²) in [6.07, 6.45) is 0. The van der Waals surface area contributed by atoms with Gasteiger partial charge in [-0.25, -0.2) is 4.79 Å². The number of nitrogens with one attached hydrogen (secondary N) is 1. The van der Waals surface area contributed by atoms with Crippen molar-refractivity contribution in [3.63, 3.8) is 0 Å². The van der Waals surface area contributed by atoms with Gasteiger partial charge in [-0.2, -0.15) is 0 Å². The molecule has 1 aromatic carbocycles. The molecule has 0 heterocycles. The van der Waals surface area contributed by atoms with Gasteiger partial charge < -0.3 is 14.8 Å². The fourth-order valence-corrected chi connectivity index (χ4v) is 1.39. The van der Waals surface area contributed by atoms with Crippen molar-refractivity contribution in [2.75, 3.05) is 19.0 Å². The molecule has 0 aliphatic rings. The van der Waals surface area contributed by atoms with Crippen LogP contribution in [0.15, 0.2) is 24.3 Å². The maximum atomic E-state index is 11.4. The van der Waals surface area contributed by atoms with E-state index in [9.17, 15) is 4.79 Å². The summed E-state index contributed by atoms with van der Waals surface area (Å²) in [7, 11) is 1.33. The molecule has 0 aliphatic heterocycles. The number of rotatable bonds is 3. The fourth-order valence-electron chi connectivity index (χ4n) is 1.16. The number of carbonyl (C=O) groups excluding carboxylic acids is 1. The van der Waals surface area contributed by atoms with E-state index in [0.717, 1.165) is 0 Å². The van der Waals surface area contributed by atoms with Gasteiger partial charge in [0.15, 0.2) is 0 Å². The van der Waals surface area contributed by atoms with Crippen LogP contribution in [0.2, 0.25) is 0 Å². The number of methoxy groups -OCH3 is 1. The number of para-hydroxylation sites is 1. The van der Waals surface area contributed by atoms with E-state index in [1.165, 1.54) is 7.11 Å². The smallest absolute Gasteiger partial charge is 0.339 e. The first kappa shape index (κ1) is 12.4. The highest BCUT2D eigenvalue weighted by Crippen LogP contribution is 2.16. The van der Waals surface area contributed by atoms with E-state index in [4.69, 9.17) is 17.0 Å². The zero-order chi connectivity index (χ0) is 12.0. The zero-order valence-corrected chi connectivity index (χ0v) is 9.97. The molecule has 0 amide bonds. The number of esters is 1. The molecule has 0 saturated heterocycles. The standard InChI is InChI=1S/C11H13NO3S/c1-3-15-11(16)12-9-7-5-4-6-8(9)10(13)14-2/h4-7H,3H2,1-2H3,(H,12,16). The molecule has 0 radical (unpaired) electrons. The highest BCUT2D eigenvalue weighted by Gasteiger charge is 2.11. The van der Waals surface area contributed by atoms with E-state index in [2.05, 4.69) is 10.1 Å². The Kier molecular flexibility index (Phi) is 4.72. The van der Waals surface area contributed by atoms with Crippen LogP contribution in [-0.4, -0.2) is 24.9 Å². The lowest BCUT2D eigenvalue weighted by atomic mass is 10.2. The molecule has 1 rings (SSSR count). The Labute approximate surface area is 99.6 Å². The van der Waals surface area contributed by atoms with Gasteiger partial charge in [-0.15, -0.1) is 0 Å². The van der Waals surface area contributed by atoms with E-state index in [1.807, 2.05) is 6.92 Å². The van der Waals surface area contributed by atoms with E-state index in [1.54, 1.807) is 24.3 Å². The number of benzene rings is 1. The van der Waals surface area contributed by atoms with Gasteiger partial charge in [0.1, 0.15) is 0 Å². The van der Waals surface area contributed by atoms with Gasteiger partial charge in [-0.3, -0.25) is 0 Å². The number of hydrogen-bond acceptors (Lipinski definition) is 4. The van der Waals surface area contributed by atoms with Crippen molar-refractivity contribution >= 4 is 29.0 Å². The number of thiocarbonyl (C=S) groups is 1. The third-order valence-electron chi connectivity index (χ3n) is 1.84. The Balaban J connectivity index is 2.87. The molecule has 0 fully saturated rings. The third-order valence-corrected chi connectivity index (χ3v) is 2.06. The van der Waals surface area contributed by atoms with Crippen molar-refractivity contribution in [3.05, 3.63) is 29.8 Å². The minimum atomic E-state index is -0.414. The molecule has 4 nitrogen and oxygen atoms in total. The average molecular weight is 239 g/mol. The summed E-state index contributed by atoms with van der Waals surface area (Å²) < 4.78 is 9.74. The first-order chi connectivity index (χ1) is 7.69. The topological polar surface area (TPSA) is 47.6 Å². The zero-order valence-electron chi connectivity index (χ0n) is 9.15. The Bertz CT molecular complexity index is 393. The van der Waals surface area contributed by atoms with Gasteiger partial charge in [0.2, 0.25) is 0 Å². The van der Waals surface area contributed by atoms with Crippen LogP contribution in [0.3, 0.4) is 0 Å². The second-order valence-corrected chi connectivity index (χ2v) is 3.25. The van der Waals surface area contributed by atoms with E-state index in [-0.39, 0.29) is 5.17 Å². The van der Waals surface area contributed by atoms with Crippen molar-refractivity contribution in [3.8, 4) is 0 Å². The molecule has 0 saturated carbocycles. The van der Waals surface area contributed by atoms with Crippen LogP contribution in [0.4, 0.5) is 5.69 Å². The molecular weight excluding hydrogens is 226 g/mol. The van der Waals surface area contributed by atoms with Gasteiger partial charge in [0, 0.05) is 0 Å². The molecular formula is C11H13NO3S. The highest BCUT2D eigenvalue weighted by molar-refractivity contribution is 7.80. The quantitative estimate of drug-likeness (QED) is 0.647. The summed E-state index contributed by atoms with van der Waals surface area (Å²) in [4.78, 5) is 11.4. The molecule has 86 valence electrons. The van der Waals surface area contributed by atoms with E-state index in [0.29, 0.717) is 17.9 Å². The molecule has 0 aliphatic carbocycles. The van der Waals surface area contributed by atoms with Crippen LogP contribution in [0, 0.1) is 0 Å². The summed E-state index contributed by atoms with van der Waals surface area (Å²) in [5.74, 6) is -0.414. The predicted molar refractivity (Wildman–Crippen MR) is 65.6 cm³/mol. The normalized spacial score (nSPS) is 9.38. The van der Waals surface area contributed by atoms with Crippen LogP contribution in [0.5, 0.6) is 0 Å². The number of ether oxygens (including phenoxy) is 2. The summed E-state index contributed by atoms with van der Waals surface area (Å²) in [6, 6.07) is 6.94. The average Bonchev–Trinajstić information content (AvgIpc) is 2.29. The van der Waals surface area contributed by atoms with Crippen LogP contribution in [0.1, 0.15) is 17.3 Å². The lowest BCUT2D eigenvalue weighted by Crippen LogP contribution is -2.16. The Morgan fingerprint density at radius 1 is 1.44 bits per heavy atom. The highest BCUT2D eigenvalue weighted by atomic mass is 32.1. The minimum Gasteiger partial charge on any atom is -0.471 e. The first-order valence-electron chi connectivity index (χ1n) is 4.80. The summed E-state index contributed by atoms with van der Waals surface area (Å²) in [6.45, 7) is 2.31. The molecule has 0 aromatic heterocycles. The van der Waals surface area contributed by atoms with Gasteiger partial charge >= 0.3 is 5.97 Å². The molecule has 16 heavy (non-hydrogen) atoms. The molecule has 0 bridgehead atoms. The van der Waals surface area contributed by atoms with Gasteiger partial charge in [-0.1, -0.05) is 12.1 Å². The van der Waals surface area contributed by atoms with Crippen molar-refractivity contribution in [1.82, 2.24) is 0 Å². The molecule has 0 spiro atoms. The molecule has 0 atom stereocenters. The third kappa shape index (κ3) is 3.20. The largest absolute Gasteiger partial charge is 0.471 e. The van der Waals surface area contributed by atoms with Gasteiger partial charge in [0.05, 0.1) is 25.0 Å². The second-order valence-electron chi connectivity index (χ2n) is 2.88. The van der Waals surface area contributed by atoms with Crippen LogP contribution < -0.4 is 5.32 Å². The number of anilines is 1. The van der Waals surface area contributed by atoms with Crippen molar-refractivity contribution in [1.29, 1.82) is 0 Å². The van der Waals surface area contributed by atoms with Crippen molar-refractivity contribution in [2.24, 2.45) is 0 Å². The Morgan fingerprint density at radius 3 is 2.75 bits per heavy atom. The number of hydrogen-bond donors (Lipinski definition) is 1. The SMILES string of the molecule is CCOC(=S)Nc1ccccc1C(=O)OC. The molecule has 5 heteroatoms. The lowest BCUT2D eigenvalue weighted by molar-refractivity contribution is 0.0602. The lowest BCUT2D eigenvalue weighted by Gasteiger charge is -2.11. The van der Waals surface area contributed by atoms with Gasteiger partial charge in [0.25, 0.3) is 5.17 Å². The summed E-state index contributed by atoms with van der Waals surface area (Å²) in [5.41, 5.74) is 1.000. The van der Waals surface area contributed by atoms with Crippen LogP contribution in [-0.2, 0) is 9.47 Å². The van der Waals surface area contributed by atoms with E-state index >= 15 is 0 Å².